The van der Waals surface area contributed by atoms with Gasteiger partial charge in [0.25, 0.3) is 0 Å². The van der Waals surface area contributed by atoms with Gasteiger partial charge in [-0.15, -0.1) is 11.3 Å². The number of carbonyl (C=O) groups is 2. The lowest BCUT2D eigenvalue weighted by molar-refractivity contribution is -0.116. The summed E-state index contributed by atoms with van der Waals surface area (Å²) in [5, 5.41) is 8.18. The van der Waals surface area contributed by atoms with E-state index < -0.39 is 0 Å². The fraction of sp³-hybridized carbons (Fsp3) is 0.190. The van der Waals surface area contributed by atoms with E-state index in [9.17, 15) is 9.59 Å². The number of thiazole rings is 1. The minimum Gasteiger partial charge on any atom is -0.486 e. The van der Waals surface area contributed by atoms with E-state index in [1.807, 2.05) is 36.6 Å². The third-order valence-corrected chi connectivity index (χ3v) is 5.26. The van der Waals surface area contributed by atoms with Crippen molar-refractivity contribution >= 4 is 50.5 Å². The number of aryl methyl sites for hydroxylation is 1. The van der Waals surface area contributed by atoms with Gasteiger partial charge >= 0.3 is 0 Å². The summed E-state index contributed by atoms with van der Waals surface area (Å²) in [5.74, 6) is 0.358. The first-order chi connectivity index (χ1) is 13.9. The Hall–Kier alpha value is -2.71. The minimum absolute atomic E-state index is 0.132. The number of halogens is 1. The molecule has 0 fully saturated rings. The van der Waals surface area contributed by atoms with Crippen molar-refractivity contribution in [3.05, 3.63) is 68.6 Å². The molecule has 0 saturated carbocycles. The standard InChI is InChI=1S/C21H20BrN3O3S/c1-13-3-6-17(7-4-13)28-11-21-24-16(12-29-21)10-20(27)25-19-9-15(22)5-8-18(19)23-14(2)26/h3-9,12H,10-11H2,1-2H3,(H,23,26)(H,25,27). The van der Waals surface area contributed by atoms with Gasteiger partial charge in [0.1, 0.15) is 17.4 Å². The van der Waals surface area contributed by atoms with Crippen LogP contribution in [0.2, 0.25) is 0 Å². The van der Waals surface area contributed by atoms with E-state index in [4.69, 9.17) is 4.74 Å². The van der Waals surface area contributed by atoms with Gasteiger partial charge in [0.2, 0.25) is 11.8 Å². The maximum absolute atomic E-state index is 12.4. The van der Waals surface area contributed by atoms with E-state index in [0.717, 1.165) is 15.2 Å². The SMILES string of the molecule is CC(=O)Nc1ccc(Br)cc1NC(=O)Cc1csc(COc2ccc(C)cc2)n1. The van der Waals surface area contributed by atoms with Crippen LogP contribution in [-0.2, 0) is 22.6 Å². The predicted molar refractivity (Wildman–Crippen MR) is 118 cm³/mol. The molecule has 1 aromatic heterocycles. The first-order valence-electron chi connectivity index (χ1n) is 8.89. The smallest absolute Gasteiger partial charge is 0.230 e. The molecule has 29 heavy (non-hydrogen) atoms. The summed E-state index contributed by atoms with van der Waals surface area (Å²) in [7, 11) is 0. The van der Waals surface area contributed by atoms with E-state index in [1.165, 1.54) is 23.8 Å². The van der Waals surface area contributed by atoms with Gasteiger partial charge in [0.05, 0.1) is 23.5 Å². The quantitative estimate of drug-likeness (QED) is 0.509. The van der Waals surface area contributed by atoms with Gasteiger partial charge in [0, 0.05) is 16.8 Å². The molecule has 0 radical (unpaired) electrons. The lowest BCUT2D eigenvalue weighted by atomic mass is 10.2. The minimum atomic E-state index is -0.217. The first kappa shape index (κ1) is 21.0. The van der Waals surface area contributed by atoms with Gasteiger partial charge < -0.3 is 15.4 Å². The van der Waals surface area contributed by atoms with Crippen molar-refractivity contribution in [3.63, 3.8) is 0 Å². The van der Waals surface area contributed by atoms with Crippen molar-refractivity contribution in [2.45, 2.75) is 26.9 Å². The number of nitrogens with zero attached hydrogens (tertiary/aromatic N) is 1. The number of carbonyl (C=O) groups excluding carboxylic acids is 2. The average Bonchev–Trinajstić information content (AvgIpc) is 3.10. The van der Waals surface area contributed by atoms with Crippen LogP contribution in [0.25, 0.3) is 0 Å². The van der Waals surface area contributed by atoms with Gasteiger partial charge in [-0.2, -0.15) is 0 Å². The number of benzene rings is 2. The summed E-state index contributed by atoms with van der Waals surface area (Å²) in [6, 6.07) is 13.1. The molecule has 8 heteroatoms. The number of nitrogens with one attached hydrogen (secondary N) is 2. The van der Waals surface area contributed by atoms with E-state index >= 15 is 0 Å². The highest BCUT2D eigenvalue weighted by molar-refractivity contribution is 9.10. The molecule has 2 aromatic carbocycles. The number of anilines is 2. The van der Waals surface area contributed by atoms with Crippen molar-refractivity contribution in [2.24, 2.45) is 0 Å². The second-order valence-corrected chi connectivity index (χ2v) is 8.29. The first-order valence-corrected chi connectivity index (χ1v) is 10.6. The average molecular weight is 474 g/mol. The Bertz CT molecular complexity index is 1020. The number of ether oxygens (including phenoxy) is 1. The molecule has 2 amide bonds. The Kier molecular flexibility index (Phi) is 7.00. The van der Waals surface area contributed by atoms with Crippen molar-refractivity contribution in [2.75, 3.05) is 10.6 Å². The molecule has 0 bridgehead atoms. The molecule has 0 aliphatic carbocycles. The monoisotopic (exact) mass is 473 g/mol. The molecule has 3 rings (SSSR count). The van der Waals surface area contributed by atoms with Crippen LogP contribution in [-0.4, -0.2) is 16.8 Å². The molecule has 0 saturated heterocycles. The lowest BCUT2D eigenvalue weighted by Gasteiger charge is -2.11. The predicted octanol–water partition coefficient (Wildman–Crippen LogP) is 4.93. The van der Waals surface area contributed by atoms with Crippen LogP contribution in [0.3, 0.4) is 0 Å². The molecule has 1 heterocycles. The highest BCUT2D eigenvalue weighted by Crippen LogP contribution is 2.26. The third kappa shape index (κ3) is 6.40. The maximum Gasteiger partial charge on any atom is 0.230 e. The molecule has 150 valence electrons. The highest BCUT2D eigenvalue weighted by Gasteiger charge is 2.12. The lowest BCUT2D eigenvalue weighted by Crippen LogP contribution is -2.17. The number of aromatic nitrogens is 1. The zero-order valence-electron chi connectivity index (χ0n) is 16.0. The van der Waals surface area contributed by atoms with E-state index in [1.54, 1.807) is 18.2 Å². The summed E-state index contributed by atoms with van der Waals surface area (Å²) >= 11 is 4.83. The van der Waals surface area contributed by atoms with Gasteiger partial charge in [0.15, 0.2) is 0 Å². The molecule has 6 nitrogen and oxygen atoms in total. The highest BCUT2D eigenvalue weighted by atomic mass is 79.9. The van der Waals surface area contributed by atoms with Crippen LogP contribution in [0.15, 0.2) is 52.3 Å². The van der Waals surface area contributed by atoms with Crippen LogP contribution in [0.1, 0.15) is 23.2 Å². The number of rotatable bonds is 7. The van der Waals surface area contributed by atoms with Crippen LogP contribution in [0.4, 0.5) is 11.4 Å². The molecule has 2 N–H and O–H groups in total. The summed E-state index contributed by atoms with van der Waals surface area (Å²) in [4.78, 5) is 28.3. The van der Waals surface area contributed by atoms with Crippen molar-refractivity contribution in [1.82, 2.24) is 4.98 Å². The molecular formula is C21H20BrN3O3S. The molecule has 0 unspecified atom stereocenters. The zero-order valence-corrected chi connectivity index (χ0v) is 18.4. The summed E-state index contributed by atoms with van der Waals surface area (Å²) in [5.41, 5.74) is 2.91. The van der Waals surface area contributed by atoms with Gasteiger partial charge in [-0.25, -0.2) is 4.98 Å². The van der Waals surface area contributed by atoms with E-state index in [-0.39, 0.29) is 18.2 Å². The van der Waals surface area contributed by atoms with Crippen molar-refractivity contribution < 1.29 is 14.3 Å². The van der Waals surface area contributed by atoms with Crippen LogP contribution in [0.5, 0.6) is 5.75 Å². The Morgan fingerprint density at radius 1 is 1.10 bits per heavy atom. The largest absolute Gasteiger partial charge is 0.486 e. The Labute approximate surface area is 181 Å². The maximum atomic E-state index is 12.4. The Morgan fingerprint density at radius 2 is 1.86 bits per heavy atom. The van der Waals surface area contributed by atoms with Crippen LogP contribution in [0, 0.1) is 6.92 Å². The Morgan fingerprint density at radius 3 is 2.59 bits per heavy atom. The number of hydrogen-bond donors (Lipinski definition) is 2. The molecule has 0 aliphatic rings. The van der Waals surface area contributed by atoms with Crippen molar-refractivity contribution in [1.29, 1.82) is 0 Å². The molecule has 0 atom stereocenters. The van der Waals surface area contributed by atoms with Crippen molar-refractivity contribution in [3.8, 4) is 5.75 Å². The summed E-state index contributed by atoms with van der Waals surface area (Å²) in [6.45, 7) is 3.80. The zero-order chi connectivity index (χ0) is 20.8. The summed E-state index contributed by atoms with van der Waals surface area (Å²) in [6.07, 6.45) is 0.132. The fourth-order valence-electron chi connectivity index (χ4n) is 2.55. The normalized spacial score (nSPS) is 10.4. The van der Waals surface area contributed by atoms with Crippen LogP contribution >= 0.6 is 27.3 Å². The summed E-state index contributed by atoms with van der Waals surface area (Å²) < 4.78 is 6.53. The molecule has 3 aromatic rings. The van der Waals surface area contributed by atoms with E-state index in [2.05, 4.69) is 31.5 Å². The third-order valence-electron chi connectivity index (χ3n) is 3.89. The van der Waals surface area contributed by atoms with Crippen LogP contribution < -0.4 is 15.4 Å². The van der Waals surface area contributed by atoms with E-state index in [0.29, 0.717) is 23.7 Å². The number of amides is 2. The fourth-order valence-corrected chi connectivity index (χ4v) is 3.62. The second kappa shape index (κ2) is 9.67. The second-order valence-electron chi connectivity index (χ2n) is 6.43. The topological polar surface area (TPSA) is 80.3 Å². The molecular weight excluding hydrogens is 454 g/mol. The van der Waals surface area contributed by atoms with Gasteiger partial charge in [-0.1, -0.05) is 33.6 Å². The van der Waals surface area contributed by atoms with Gasteiger partial charge in [-0.05, 0) is 37.3 Å². The molecule has 0 spiro atoms. The van der Waals surface area contributed by atoms with Gasteiger partial charge in [-0.3, -0.25) is 9.59 Å². The molecule has 0 aliphatic heterocycles. The number of hydrogen-bond acceptors (Lipinski definition) is 5. The Balaban J connectivity index is 1.58.